The Morgan fingerprint density at radius 1 is 1.21 bits per heavy atom. The molecule has 0 bridgehead atoms. The lowest BCUT2D eigenvalue weighted by atomic mass is 10.00. The van der Waals surface area contributed by atoms with E-state index in [-0.39, 0.29) is 0 Å². The molecule has 1 unspecified atom stereocenters. The molecule has 3 heteroatoms. The number of hydrogen-bond donors (Lipinski definition) is 1. The standard InChI is InChI=1S/C16H26N2S/c1-14(12-17-2)16-6-4-15(5-7-16)13-18-8-3-10-19-11-9-18/h4-7,14,17H,3,8-13H2,1-2H3. The minimum absolute atomic E-state index is 0.591. The molecule has 1 atom stereocenters. The number of thioether (sulfide) groups is 1. The summed E-state index contributed by atoms with van der Waals surface area (Å²) in [6.45, 7) is 6.93. The van der Waals surface area contributed by atoms with Gasteiger partial charge in [-0.2, -0.15) is 11.8 Å². The first-order valence-corrected chi connectivity index (χ1v) is 8.48. The number of rotatable bonds is 5. The molecule has 0 aromatic heterocycles. The molecular formula is C16H26N2S. The molecule has 2 rings (SSSR count). The zero-order valence-electron chi connectivity index (χ0n) is 12.2. The van der Waals surface area contributed by atoms with Gasteiger partial charge in [0.25, 0.3) is 0 Å². The Labute approximate surface area is 122 Å². The second-order valence-electron chi connectivity index (χ2n) is 5.44. The minimum Gasteiger partial charge on any atom is -0.319 e. The normalized spacial score (nSPS) is 19.1. The number of nitrogens with zero attached hydrogens (tertiary/aromatic N) is 1. The van der Waals surface area contributed by atoms with Crippen molar-refractivity contribution < 1.29 is 0 Å². The molecule has 19 heavy (non-hydrogen) atoms. The Bertz CT molecular complexity index is 356. The topological polar surface area (TPSA) is 15.3 Å². The molecule has 1 aliphatic heterocycles. The SMILES string of the molecule is CNCC(C)c1ccc(CN2CCCSCC2)cc1. The molecule has 0 amide bonds. The smallest absolute Gasteiger partial charge is 0.0234 e. The number of likely N-dealkylation sites (N-methyl/N-ethyl adjacent to an activating group) is 1. The van der Waals surface area contributed by atoms with Crippen LogP contribution >= 0.6 is 11.8 Å². The van der Waals surface area contributed by atoms with Gasteiger partial charge in [-0.05, 0) is 42.8 Å². The van der Waals surface area contributed by atoms with Gasteiger partial charge in [-0.15, -0.1) is 0 Å². The highest BCUT2D eigenvalue weighted by atomic mass is 32.2. The maximum atomic E-state index is 3.24. The lowest BCUT2D eigenvalue weighted by molar-refractivity contribution is 0.287. The molecule has 106 valence electrons. The molecule has 0 aliphatic carbocycles. The van der Waals surface area contributed by atoms with Crippen molar-refractivity contribution in [1.82, 2.24) is 10.2 Å². The summed E-state index contributed by atoms with van der Waals surface area (Å²) in [6, 6.07) is 9.20. The van der Waals surface area contributed by atoms with Crippen LogP contribution < -0.4 is 5.32 Å². The first-order valence-electron chi connectivity index (χ1n) is 7.33. The van der Waals surface area contributed by atoms with Crippen molar-refractivity contribution in [1.29, 1.82) is 0 Å². The Morgan fingerprint density at radius 3 is 2.74 bits per heavy atom. The van der Waals surface area contributed by atoms with Gasteiger partial charge in [0, 0.05) is 25.4 Å². The van der Waals surface area contributed by atoms with Crippen molar-refractivity contribution in [2.24, 2.45) is 0 Å². The van der Waals surface area contributed by atoms with Crippen molar-refractivity contribution in [3.63, 3.8) is 0 Å². The average molecular weight is 278 g/mol. The number of benzene rings is 1. The third-order valence-corrected chi connectivity index (χ3v) is 4.83. The molecule has 1 aromatic rings. The largest absolute Gasteiger partial charge is 0.319 e. The van der Waals surface area contributed by atoms with E-state index >= 15 is 0 Å². The molecular weight excluding hydrogens is 252 g/mol. The van der Waals surface area contributed by atoms with E-state index in [9.17, 15) is 0 Å². The van der Waals surface area contributed by atoms with Gasteiger partial charge in [0.1, 0.15) is 0 Å². The zero-order chi connectivity index (χ0) is 13.5. The zero-order valence-corrected chi connectivity index (χ0v) is 13.0. The van der Waals surface area contributed by atoms with Crippen LogP contribution in [0, 0.1) is 0 Å². The molecule has 1 fully saturated rings. The van der Waals surface area contributed by atoms with Gasteiger partial charge >= 0.3 is 0 Å². The quantitative estimate of drug-likeness (QED) is 0.891. The summed E-state index contributed by atoms with van der Waals surface area (Å²) in [5.41, 5.74) is 2.89. The van der Waals surface area contributed by atoms with E-state index in [1.54, 1.807) is 0 Å². The fourth-order valence-corrected chi connectivity index (χ4v) is 3.51. The van der Waals surface area contributed by atoms with Crippen molar-refractivity contribution in [3.05, 3.63) is 35.4 Å². The van der Waals surface area contributed by atoms with E-state index in [4.69, 9.17) is 0 Å². The molecule has 1 aromatic carbocycles. The Morgan fingerprint density at radius 2 is 2.00 bits per heavy atom. The third-order valence-electron chi connectivity index (χ3n) is 3.78. The van der Waals surface area contributed by atoms with Gasteiger partial charge in [0.2, 0.25) is 0 Å². The lowest BCUT2D eigenvalue weighted by Gasteiger charge is -2.20. The van der Waals surface area contributed by atoms with Crippen LogP contribution in [0.4, 0.5) is 0 Å². The molecule has 1 N–H and O–H groups in total. The first-order chi connectivity index (χ1) is 9.29. The van der Waals surface area contributed by atoms with Crippen LogP contribution in [0.3, 0.4) is 0 Å². The van der Waals surface area contributed by atoms with Gasteiger partial charge in [0.05, 0.1) is 0 Å². The van der Waals surface area contributed by atoms with Gasteiger partial charge in [0.15, 0.2) is 0 Å². The minimum atomic E-state index is 0.591. The fourth-order valence-electron chi connectivity index (χ4n) is 2.59. The monoisotopic (exact) mass is 278 g/mol. The Balaban J connectivity index is 1.90. The average Bonchev–Trinajstić information content (AvgIpc) is 2.68. The first kappa shape index (κ1) is 14.9. The van der Waals surface area contributed by atoms with E-state index in [0.717, 1.165) is 13.1 Å². The van der Waals surface area contributed by atoms with E-state index in [1.807, 2.05) is 7.05 Å². The van der Waals surface area contributed by atoms with E-state index in [0.29, 0.717) is 5.92 Å². The van der Waals surface area contributed by atoms with Crippen molar-refractivity contribution >= 4 is 11.8 Å². The summed E-state index contributed by atoms with van der Waals surface area (Å²) in [7, 11) is 2.02. The van der Waals surface area contributed by atoms with Crippen LogP contribution in [-0.2, 0) is 6.54 Å². The van der Waals surface area contributed by atoms with E-state index in [1.165, 1.54) is 42.1 Å². The maximum Gasteiger partial charge on any atom is 0.0234 e. The van der Waals surface area contributed by atoms with Crippen LogP contribution in [0.1, 0.15) is 30.4 Å². The van der Waals surface area contributed by atoms with Crippen molar-refractivity contribution in [2.75, 3.05) is 38.2 Å². The second-order valence-corrected chi connectivity index (χ2v) is 6.67. The summed E-state index contributed by atoms with van der Waals surface area (Å²) in [5.74, 6) is 3.21. The van der Waals surface area contributed by atoms with Crippen LogP contribution in [0.25, 0.3) is 0 Å². The van der Waals surface area contributed by atoms with E-state index < -0.39 is 0 Å². The van der Waals surface area contributed by atoms with Gasteiger partial charge < -0.3 is 5.32 Å². The van der Waals surface area contributed by atoms with Crippen LogP contribution in [0.5, 0.6) is 0 Å². The molecule has 0 radical (unpaired) electrons. The molecule has 1 saturated heterocycles. The van der Waals surface area contributed by atoms with Gasteiger partial charge in [-0.3, -0.25) is 4.90 Å². The summed E-state index contributed by atoms with van der Waals surface area (Å²) in [4.78, 5) is 2.59. The number of hydrogen-bond acceptors (Lipinski definition) is 3. The van der Waals surface area contributed by atoms with Crippen LogP contribution in [-0.4, -0.2) is 43.1 Å². The van der Waals surface area contributed by atoms with Crippen LogP contribution in [0.2, 0.25) is 0 Å². The molecule has 2 nitrogen and oxygen atoms in total. The summed E-state index contributed by atoms with van der Waals surface area (Å²) in [5, 5.41) is 3.24. The summed E-state index contributed by atoms with van der Waals surface area (Å²) >= 11 is 2.09. The Hall–Kier alpha value is -0.510. The summed E-state index contributed by atoms with van der Waals surface area (Å²) < 4.78 is 0. The van der Waals surface area contributed by atoms with Gasteiger partial charge in [-0.1, -0.05) is 31.2 Å². The predicted molar refractivity (Wildman–Crippen MR) is 86.0 cm³/mol. The third kappa shape index (κ3) is 4.83. The van der Waals surface area contributed by atoms with Crippen molar-refractivity contribution in [2.45, 2.75) is 25.8 Å². The van der Waals surface area contributed by atoms with Crippen molar-refractivity contribution in [3.8, 4) is 0 Å². The number of nitrogens with one attached hydrogen (secondary N) is 1. The molecule has 0 spiro atoms. The fraction of sp³-hybridized carbons (Fsp3) is 0.625. The predicted octanol–water partition coefficient (Wildman–Crippen LogP) is 2.95. The highest BCUT2D eigenvalue weighted by Crippen LogP contribution is 2.17. The maximum absolute atomic E-state index is 3.24. The highest BCUT2D eigenvalue weighted by molar-refractivity contribution is 7.99. The van der Waals surface area contributed by atoms with Crippen LogP contribution in [0.15, 0.2) is 24.3 Å². The van der Waals surface area contributed by atoms with E-state index in [2.05, 4.69) is 53.2 Å². The highest BCUT2D eigenvalue weighted by Gasteiger charge is 2.10. The lowest BCUT2D eigenvalue weighted by Crippen LogP contribution is -2.25. The van der Waals surface area contributed by atoms with Gasteiger partial charge in [-0.25, -0.2) is 0 Å². The molecule has 0 saturated carbocycles. The molecule has 1 aliphatic rings. The Kier molecular flexibility index (Phi) is 6.21. The second kappa shape index (κ2) is 7.93. The molecule has 1 heterocycles. The summed E-state index contributed by atoms with van der Waals surface area (Å²) in [6.07, 6.45) is 1.34.